The van der Waals surface area contributed by atoms with Gasteiger partial charge in [-0.25, -0.2) is 13.1 Å². The van der Waals surface area contributed by atoms with Gasteiger partial charge in [-0.15, -0.1) is 0 Å². The Morgan fingerprint density at radius 1 is 1.06 bits per heavy atom. The number of carbonyl (C=O) groups excluding carboxylic acids is 1. The number of benzene rings is 1. The van der Waals surface area contributed by atoms with Crippen molar-refractivity contribution in [2.24, 2.45) is 11.8 Å². The third-order valence-electron chi connectivity index (χ3n) is 6.77. The molecule has 0 spiro atoms. The SMILES string of the molecule is Cc1cc(C)c(S(=O)(=O)NCCC(=O)N2CCCC(CN3CCC(C)CC3)C2)c(C)c1. The monoisotopic (exact) mass is 449 g/mol. The van der Waals surface area contributed by atoms with Crippen LogP contribution in [-0.2, 0) is 14.8 Å². The Labute approximate surface area is 188 Å². The molecule has 1 aromatic carbocycles. The molecule has 0 saturated carbocycles. The van der Waals surface area contributed by atoms with E-state index in [9.17, 15) is 13.2 Å². The van der Waals surface area contributed by atoms with E-state index in [1.165, 1.54) is 32.4 Å². The smallest absolute Gasteiger partial charge is 0.241 e. The highest BCUT2D eigenvalue weighted by molar-refractivity contribution is 7.89. The predicted octanol–water partition coefficient (Wildman–Crippen LogP) is 3.25. The van der Waals surface area contributed by atoms with Gasteiger partial charge in [-0.05, 0) is 82.5 Å². The van der Waals surface area contributed by atoms with Crippen molar-refractivity contribution in [2.75, 3.05) is 39.3 Å². The molecule has 2 aliphatic heterocycles. The van der Waals surface area contributed by atoms with Crippen LogP contribution in [0.3, 0.4) is 0 Å². The number of nitrogens with zero attached hydrogens (tertiary/aromatic N) is 2. The van der Waals surface area contributed by atoms with Crippen LogP contribution in [-0.4, -0.2) is 63.4 Å². The number of likely N-dealkylation sites (tertiary alicyclic amines) is 2. The molecular formula is C24H39N3O3S. The summed E-state index contributed by atoms with van der Waals surface area (Å²) in [6.45, 7) is 13.1. The summed E-state index contributed by atoms with van der Waals surface area (Å²) in [5.41, 5.74) is 2.52. The summed E-state index contributed by atoms with van der Waals surface area (Å²) in [5.74, 6) is 1.41. The molecule has 2 fully saturated rings. The van der Waals surface area contributed by atoms with E-state index in [2.05, 4.69) is 16.5 Å². The minimum Gasteiger partial charge on any atom is -0.342 e. The summed E-state index contributed by atoms with van der Waals surface area (Å²) < 4.78 is 28.2. The number of amides is 1. The lowest BCUT2D eigenvalue weighted by molar-refractivity contribution is -0.133. The molecule has 7 heteroatoms. The molecule has 3 rings (SSSR count). The Hall–Kier alpha value is -1.44. The van der Waals surface area contributed by atoms with Crippen LogP contribution < -0.4 is 4.72 Å². The van der Waals surface area contributed by atoms with E-state index in [0.29, 0.717) is 10.8 Å². The van der Waals surface area contributed by atoms with Crippen LogP contribution in [0.1, 0.15) is 55.7 Å². The number of piperidine rings is 2. The van der Waals surface area contributed by atoms with Crippen molar-refractivity contribution < 1.29 is 13.2 Å². The molecule has 174 valence electrons. The highest BCUT2D eigenvalue weighted by atomic mass is 32.2. The molecule has 1 atom stereocenters. The molecule has 6 nitrogen and oxygen atoms in total. The van der Waals surface area contributed by atoms with Crippen molar-refractivity contribution in [1.82, 2.24) is 14.5 Å². The van der Waals surface area contributed by atoms with Gasteiger partial charge in [0.25, 0.3) is 0 Å². The van der Waals surface area contributed by atoms with Crippen molar-refractivity contribution in [3.8, 4) is 0 Å². The maximum atomic E-state index is 12.8. The fourth-order valence-corrected chi connectivity index (χ4v) is 6.64. The zero-order valence-electron chi connectivity index (χ0n) is 19.6. The first-order valence-electron chi connectivity index (χ1n) is 11.7. The van der Waals surface area contributed by atoms with Crippen molar-refractivity contribution in [3.05, 3.63) is 28.8 Å². The van der Waals surface area contributed by atoms with Crippen LogP contribution in [0.25, 0.3) is 0 Å². The van der Waals surface area contributed by atoms with E-state index in [4.69, 9.17) is 0 Å². The maximum absolute atomic E-state index is 12.8. The van der Waals surface area contributed by atoms with Crippen molar-refractivity contribution in [1.29, 1.82) is 0 Å². The highest BCUT2D eigenvalue weighted by Gasteiger charge is 2.27. The number of sulfonamides is 1. The van der Waals surface area contributed by atoms with Gasteiger partial charge in [0.2, 0.25) is 15.9 Å². The Morgan fingerprint density at radius 3 is 2.35 bits per heavy atom. The van der Waals surface area contributed by atoms with Crippen molar-refractivity contribution in [3.63, 3.8) is 0 Å². The van der Waals surface area contributed by atoms with Gasteiger partial charge >= 0.3 is 0 Å². The summed E-state index contributed by atoms with van der Waals surface area (Å²) in [4.78, 5) is 17.6. The topological polar surface area (TPSA) is 69.7 Å². The molecule has 2 heterocycles. The minimum atomic E-state index is -3.63. The molecule has 1 amide bonds. The zero-order chi connectivity index (χ0) is 22.6. The minimum absolute atomic E-state index is 0.0528. The number of hydrogen-bond donors (Lipinski definition) is 1. The normalized spacial score (nSPS) is 21.4. The van der Waals surface area contributed by atoms with Gasteiger partial charge in [0.1, 0.15) is 0 Å². The van der Waals surface area contributed by atoms with Crippen molar-refractivity contribution >= 4 is 15.9 Å². The second-order valence-electron chi connectivity index (χ2n) is 9.71. The number of hydrogen-bond acceptors (Lipinski definition) is 4. The quantitative estimate of drug-likeness (QED) is 0.694. The standard InChI is InChI=1S/C24H39N3O3S/c1-18-8-12-26(13-9-18)16-22-6-5-11-27(17-22)23(28)7-10-25-31(29,30)24-20(3)14-19(2)15-21(24)4/h14-15,18,22,25H,5-13,16-17H2,1-4H3. The summed E-state index contributed by atoms with van der Waals surface area (Å²) in [6, 6.07) is 3.76. The van der Waals surface area contributed by atoms with E-state index in [-0.39, 0.29) is 18.9 Å². The molecule has 0 bridgehead atoms. The van der Waals surface area contributed by atoms with Gasteiger partial charge in [0.15, 0.2) is 0 Å². The Morgan fingerprint density at radius 2 is 1.71 bits per heavy atom. The molecule has 0 aliphatic carbocycles. The van der Waals surface area contributed by atoms with E-state index in [1.807, 2.05) is 37.8 Å². The largest absolute Gasteiger partial charge is 0.342 e. The summed E-state index contributed by atoms with van der Waals surface area (Å²) in [5, 5.41) is 0. The number of rotatable bonds is 7. The molecule has 0 radical (unpaired) electrons. The van der Waals surface area contributed by atoms with E-state index in [1.54, 1.807) is 0 Å². The van der Waals surface area contributed by atoms with Crippen LogP contribution in [0, 0.1) is 32.6 Å². The number of carbonyl (C=O) groups is 1. The fourth-order valence-electron chi connectivity index (χ4n) is 5.16. The molecule has 0 aromatic heterocycles. The molecule has 2 saturated heterocycles. The van der Waals surface area contributed by atoms with E-state index in [0.717, 1.165) is 48.7 Å². The van der Waals surface area contributed by atoms with E-state index >= 15 is 0 Å². The summed E-state index contributed by atoms with van der Waals surface area (Å²) in [6.07, 6.45) is 4.96. The van der Waals surface area contributed by atoms with E-state index < -0.39 is 10.0 Å². The average molecular weight is 450 g/mol. The predicted molar refractivity (Wildman–Crippen MR) is 125 cm³/mol. The Kier molecular flexibility index (Phi) is 8.16. The lowest BCUT2D eigenvalue weighted by Crippen LogP contribution is -2.45. The van der Waals surface area contributed by atoms with Gasteiger partial charge in [-0.3, -0.25) is 4.79 Å². The first kappa shape index (κ1) is 24.2. The van der Waals surface area contributed by atoms with Crippen LogP contribution in [0.15, 0.2) is 17.0 Å². The lowest BCUT2D eigenvalue weighted by atomic mass is 9.94. The first-order chi connectivity index (χ1) is 14.7. The second kappa shape index (κ2) is 10.5. The third-order valence-corrected chi connectivity index (χ3v) is 8.53. The molecule has 31 heavy (non-hydrogen) atoms. The van der Waals surface area contributed by atoms with Crippen LogP contribution >= 0.6 is 0 Å². The highest BCUT2D eigenvalue weighted by Crippen LogP contribution is 2.23. The third kappa shape index (κ3) is 6.53. The number of nitrogens with one attached hydrogen (secondary N) is 1. The van der Waals surface area contributed by atoms with Crippen molar-refractivity contribution in [2.45, 2.75) is 64.7 Å². The van der Waals surface area contributed by atoms with Gasteiger partial charge in [0, 0.05) is 32.6 Å². The Bertz CT molecular complexity index is 853. The van der Waals surface area contributed by atoms with Gasteiger partial charge in [0.05, 0.1) is 4.90 Å². The summed E-state index contributed by atoms with van der Waals surface area (Å²) >= 11 is 0. The molecular weight excluding hydrogens is 410 g/mol. The van der Waals surface area contributed by atoms with Gasteiger partial charge < -0.3 is 9.80 Å². The fraction of sp³-hybridized carbons (Fsp3) is 0.708. The molecule has 1 aromatic rings. The zero-order valence-corrected chi connectivity index (χ0v) is 20.4. The van der Waals surface area contributed by atoms with Crippen LogP contribution in [0.2, 0.25) is 0 Å². The summed E-state index contributed by atoms with van der Waals surface area (Å²) in [7, 11) is -3.63. The number of aryl methyl sites for hydroxylation is 3. The maximum Gasteiger partial charge on any atom is 0.241 e. The molecule has 2 aliphatic rings. The molecule has 1 unspecified atom stereocenters. The molecule has 1 N–H and O–H groups in total. The lowest BCUT2D eigenvalue weighted by Gasteiger charge is -2.38. The second-order valence-corrected chi connectivity index (χ2v) is 11.4. The van der Waals surface area contributed by atoms with Gasteiger partial charge in [-0.1, -0.05) is 24.6 Å². The van der Waals surface area contributed by atoms with Gasteiger partial charge in [-0.2, -0.15) is 0 Å². The Balaban J connectivity index is 1.49. The van der Waals surface area contributed by atoms with Crippen LogP contribution in [0.4, 0.5) is 0 Å². The van der Waals surface area contributed by atoms with Crippen LogP contribution in [0.5, 0.6) is 0 Å². The first-order valence-corrected chi connectivity index (χ1v) is 13.2. The average Bonchev–Trinajstić information content (AvgIpc) is 2.68.